The fraction of sp³-hybridized carbons (Fsp3) is 0.692. The molecule has 0 unspecified atom stereocenters. The van der Waals surface area contributed by atoms with Gasteiger partial charge in [0.1, 0.15) is 12.3 Å². The van der Waals surface area contributed by atoms with Gasteiger partial charge in [-0.05, 0) is 12.0 Å². The molecule has 0 spiro atoms. The first-order valence-electron chi connectivity index (χ1n) is 6.15. The van der Waals surface area contributed by atoms with E-state index < -0.39 is 0 Å². The van der Waals surface area contributed by atoms with E-state index in [1.54, 1.807) is 0 Å². The third kappa shape index (κ3) is 2.51. The van der Waals surface area contributed by atoms with Gasteiger partial charge in [-0.2, -0.15) is 5.10 Å². The van der Waals surface area contributed by atoms with E-state index in [1.807, 2.05) is 6.07 Å². The molecule has 1 aliphatic rings. The molecule has 17 heavy (non-hydrogen) atoms. The lowest BCUT2D eigenvalue weighted by Gasteiger charge is -2.14. The van der Waals surface area contributed by atoms with E-state index in [1.165, 1.54) is 0 Å². The summed E-state index contributed by atoms with van der Waals surface area (Å²) >= 11 is 0. The van der Waals surface area contributed by atoms with Crippen LogP contribution < -0.4 is 0 Å². The largest absolute Gasteiger partial charge is 0.474 e. The lowest BCUT2D eigenvalue weighted by molar-refractivity contribution is 0.291. The van der Waals surface area contributed by atoms with Crippen molar-refractivity contribution in [2.45, 2.75) is 46.1 Å². The summed E-state index contributed by atoms with van der Waals surface area (Å²) in [5, 5.41) is 7.33. The van der Waals surface area contributed by atoms with Crippen LogP contribution in [-0.2, 0) is 10.2 Å². The molecule has 0 radical (unpaired) electrons. The maximum absolute atomic E-state index is 5.61. The molecule has 0 saturated carbocycles. The minimum atomic E-state index is 0.0713. The number of ether oxygens (including phenoxy) is 1. The normalized spacial score (nSPS) is 20.6. The van der Waals surface area contributed by atoms with Gasteiger partial charge in [0.25, 0.3) is 0 Å². The van der Waals surface area contributed by atoms with Gasteiger partial charge in [0, 0.05) is 11.1 Å². The van der Waals surface area contributed by atoms with E-state index in [0.717, 1.165) is 11.4 Å². The Morgan fingerprint density at radius 1 is 1.41 bits per heavy atom. The zero-order valence-corrected chi connectivity index (χ0v) is 11.2. The highest BCUT2D eigenvalue weighted by Crippen LogP contribution is 2.22. The average molecular weight is 235 g/mol. The van der Waals surface area contributed by atoms with Crippen molar-refractivity contribution < 1.29 is 4.74 Å². The van der Waals surface area contributed by atoms with Crippen molar-refractivity contribution in [2.24, 2.45) is 10.9 Å². The maximum Gasteiger partial charge on any atom is 0.237 e. The minimum Gasteiger partial charge on any atom is -0.474 e. The fourth-order valence-electron chi connectivity index (χ4n) is 1.69. The highest BCUT2D eigenvalue weighted by atomic mass is 16.5. The van der Waals surface area contributed by atoms with Crippen LogP contribution in [0.5, 0.6) is 0 Å². The summed E-state index contributed by atoms with van der Waals surface area (Å²) in [5.74, 6) is 1.18. The number of aromatic nitrogens is 2. The predicted molar refractivity (Wildman–Crippen MR) is 68.4 cm³/mol. The molecule has 0 bridgehead atoms. The lowest BCUT2D eigenvalue weighted by Crippen LogP contribution is -2.13. The quantitative estimate of drug-likeness (QED) is 0.856. The highest BCUT2D eigenvalue weighted by Gasteiger charge is 2.25. The van der Waals surface area contributed by atoms with Crippen molar-refractivity contribution in [1.82, 2.24) is 10.2 Å². The summed E-state index contributed by atoms with van der Waals surface area (Å²) in [7, 11) is 0. The van der Waals surface area contributed by atoms with Gasteiger partial charge in [-0.15, -0.1) is 0 Å². The number of hydrogen-bond donors (Lipinski definition) is 1. The maximum atomic E-state index is 5.61. The number of aromatic amines is 1. The van der Waals surface area contributed by atoms with E-state index in [9.17, 15) is 0 Å². The molecule has 1 N–H and O–H groups in total. The van der Waals surface area contributed by atoms with Gasteiger partial charge in [0.05, 0.1) is 6.04 Å². The molecular formula is C13H21N3O. The van der Waals surface area contributed by atoms with Gasteiger partial charge in [0.15, 0.2) is 0 Å². The summed E-state index contributed by atoms with van der Waals surface area (Å²) in [6, 6.07) is 2.29. The first-order chi connectivity index (χ1) is 7.88. The summed E-state index contributed by atoms with van der Waals surface area (Å²) in [6.45, 7) is 11.4. The van der Waals surface area contributed by atoms with Gasteiger partial charge in [-0.25, -0.2) is 4.99 Å². The fourth-order valence-corrected chi connectivity index (χ4v) is 1.69. The number of aliphatic imine (C=N–C) groups is 1. The summed E-state index contributed by atoms with van der Waals surface area (Å²) < 4.78 is 5.61. The number of nitrogens with one attached hydrogen (secondary N) is 1. The second-order valence-corrected chi connectivity index (χ2v) is 5.97. The third-order valence-corrected chi connectivity index (χ3v) is 3.05. The van der Waals surface area contributed by atoms with Crippen LogP contribution in [0, 0.1) is 5.92 Å². The van der Waals surface area contributed by atoms with Crippen molar-refractivity contribution in [3.8, 4) is 0 Å². The van der Waals surface area contributed by atoms with Crippen molar-refractivity contribution in [3.63, 3.8) is 0 Å². The Bertz CT molecular complexity index is 426. The highest BCUT2D eigenvalue weighted by molar-refractivity contribution is 5.93. The Hall–Kier alpha value is -1.32. The number of H-pyrrole nitrogens is 1. The molecule has 1 aliphatic heterocycles. The summed E-state index contributed by atoms with van der Waals surface area (Å²) in [5.41, 5.74) is 1.99. The van der Waals surface area contributed by atoms with Crippen LogP contribution in [-0.4, -0.2) is 28.7 Å². The molecular weight excluding hydrogens is 214 g/mol. The number of rotatable bonds is 2. The second kappa shape index (κ2) is 4.17. The molecule has 4 nitrogen and oxygen atoms in total. The Morgan fingerprint density at radius 3 is 2.59 bits per heavy atom. The summed E-state index contributed by atoms with van der Waals surface area (Å²) in [6.07, 6.45) is 0. The van der Waals surface area contributed by atoms with Crippen molar-refractivity contribution >= 4 is 5.90 Å². The Labute approximate surface area is 102 Å². The van der Waals surface area contributed by atoms with Crippen molar-refractivity contribution in [3.05, 3.63) is 17.5 Å². The van der Waals surface area contributed by atoms with E-state index in [2.05, 4.69) is 49.8 Å². The third-order valence-electron chi connectivity index (χ3n) is 3.05. The SMILES string of the molecule is CC(C)[C@H]1COC(c2cc(C(C)(C)C)[nH]n2)=N1. The summed E-state index contributed by atoms with van der Waals surface area (Å²) in [4.78, 5) is 4.57. The van der Waals surface area contributed by atoms with Gasteiger partial charge < -0.3 is 4.74 Å². The van der Waals surface area contributed by atoms with E-state index in [0.29, 0.717) is 18.4 Å². The molecule has 2 heterocycles. The first kappa shape index (κ1) is 12.1. The van der Waals surface area contributed by atoms with E-state index >= 15 is 0 Å². The Morgan fingerprint density at radius 2 is 2.12 bits per heavy atom. The predicted octanol–water partition coefficient (Wildman–Crippen LogP) is 2.51. The minimum absolute atomic E-state index is 0.0713. The average Bonchev–Trinajstić information content (AvgIpc) is 2.85. The van der Waals surface area contributed by atoms with Gasteiger partial charge >= 0.3 is 0 Å². The second-order valence-electron chi connectivity index (χ2n) is 5.97. The zero-order valence-electron chi connectivity index (χ0n) is 11.2. The molecule has 0 aromatic carbocycles. The monoisotopic (exact) mass is 235 g/mol. The van der Waals surface area contributed by atoms with Crippen LogP contribution in [0.3, 0.4) is 0 Å². The molecule has 1 atom stereocenters. The molecule has 0 aliphatic carbocycles. The van der Waals surface area contributed by atoms with Crippen LogP contribution in [0.4, 0.5) is 0 Å². The molecule has 0 saturated heterocycles. The van der Waals surface area contributed by atoms with Crippen LogP contribution in [0.1, 0.15) is 46.0 Å². The topological polar surface area (TPSA) is 50.3 Å². The number of nitrogens with zero attached hydrogens (tertiary/aromatic N) is 2. The molecule has 94 valence electrons. The van der Waals surface area contributed by atoms with Crippen molar-refractivity contribution in [2.75, 3.05) is 6.61 Å². The van der Waals surface area contributed by atoms with Gasteiger partial charge in [-0.1, -0.05) is 34.6 Å². The molecule has 1 aromatic heterocycles. The van der Waals surface area contributed by atoms with Crippen molar-refractivity contribution in [1.29, 1.82) is 0 Å². The van der Waals surface area contributed by atoms with Gasteiger partial charge in [0.2, 0.25) is 5.90 Å². The molecule has 0 fully saturated rings. The molecule has 1 aromatic rings. The lowest BCUT2D eigenvalue weighted by atomic mass is 9.92. The smallest absolute Gasteiger partial charge is 0.237 e. The number of hydrogen-bond acceptors (Lipinski definition) is 3. The Kier molecular flexibility index (Phi) is 2.98. The van der Waals surface area contributed by atoms with Crippen LogP contribution in [0.2, 0.25) is 0 Å². The zero-order chi connectivity index (χ0) is 12.6. The molecule has 2 rings (SSSR count). The van der Waals surface area contributed by atoms with Crippen LogP contribution in [0.25, 0.3) is 0 Å². The standard InChI is InChI=1S/C13H21N3O/c1-8(2)10-7-17-12(14-10)9-6-11(16-15-9)13(3,4)5/h6,8,10H,7H2,1-5H3,(H,15,16)/t10-/m1/s1. The van der Waals surface area contributed by atoms with E-state index in [-0.39, 0.29) is 11.5 Å². The first-order valence-corrected chi connectivity index (χ1v) is 6.15. The Balaban J connectivity index is 2.19. The van der Waals surface area contributed by atoms with E-state index in [4.69, 9.17) is 4.74 Å². The van der Waals surface area contributed by atoms with Gasteiger partial charge in [-0.3, -0.25) is 5.10 Å². The molecule has 0 amide bonds. The van der Waals surface area contributed by atoms with Crippen LogP contribution in [0.15, 0.2) is 11.1 Å². The van der Waals surface area contributed by atoms with Crippen LogP contribution >= 0.6 is 0 Å². The molecule has 4 heteroatoms.